The van der Waals surface area contributed by atoms with Crippen molar-refractivity contribution in [2.75, 3.05) is 16.2 Å². The number of hydrogen-bond donors (Lipinski definition) is 1. The molecule has 0 atom stereocenters. The molecule has 31 heavy (non-hydrogen) atoms. The number of hydrogen-bond acceptors (Lipinski definition) is 3. The van der Waals surface area contributed by atoms with Gasteiger partial charge in [-0.2, -0.15) is 0 Å². The SMILES string of the molecule is Cc1ccc(S(=O)(=O)N(CC(=O)Nc2cccc(Cl)c2)c2ccc(C(C)C)cc2)cc1. The van der Waals surface area contributed by atoms with Crippen LogP contribution in [0.4, 0.5) is 11.4 Å². The van der Waals surface area contributed by atoms with E-state index in [2.05, 4.69) is 19.2 Å². The van der Waals surface area contributed by atoms with Crippen molar-refractivity contribution in [1.82, 2.24) is 0 Å². The van der Waals surface area contributed by atoms with Crippen molar-refractivity contribution in [2.45, 2.75) is 31.6 Å². The number of rotatable bonds is 7. The topological polar surface area (TPSA) is 66.5 Å². The van der Waals surface area contributed by atoms with Gasteiger partial charge in [-0.1, -0.05) is 61.3 Å². The molecule has 0 heterocycles. The number of benzene rings is 3. The first kappa shape index (κ1) is 22.8. The van der Waals surface area contributed by atoms with Crippen molar-refractivity contribution in [3.63, 3.8) is 0 Å². The van der Waals surface area contributed by atoms with E-state index in [4.69, 9.17) is 11.6 Å². The molecule has 0 aliphatic rings. The van der Waals surface area contributed by atoms with Crippen molar-refractivity contribution in [3.05, 3.63) is 88.9 Å². The molecule has 3 aromatic carbocycles. The van der Waals surface area contributed by atoms with Crippen LogP contribution in [0.2, 0.25) is 5.02 Å². The Morgan fingerprint density at radius 1 is 1.00 bits per heavy atom. The van der Waals surface area contributed by atoms with Gasteiger partial charge < -0.3 is 5.32 Å². The smallest absolute Gasteiger partial charge is 0.264 e. The molecule has 0 fully saturated rings. The molecule has 1 amide bonds. The molecule has 0 aliphatic carbocycles. The van der Waals surface area contributed by atoms with Gasteiger partial charge in [0, 0.05) is 10.7 Å². The van der Waals surface area contributed by atoms with E-state index in [9.17, 15) is 13.2 Å². The molecule has 7 heteroatoms. The fraction of sp³-hybridized carbons (Fsp3) is 0.208. The van der Waals surface area contributed by atoms with Crippen LogP contribution in [0.1, 0.15) is 30.9 Å². The number of anilines is 2. The van der Waals surface area contributed by atoms with Crippen LogP contribution in [-0.4, -0.2) is 20.9 Å². The minimum Gasteiger partial charge on any atom is -0.324 e. The van der Waals surface area contributed by atoms with E-state index >= 15 is 0 Å². The summed E-state index contributed by atoms with van der Waals surface area (Å²) >= 11 is 5.98. The first-order valence-corrected chi connectivity index (χ1v) is 11.7. The molecule has 3 aromatic rings. The largest absolute Gasteiger partial charge is 0.324 e. The van der Waals surface area contributed by atoms with Gasteiger partial charge >= 0.3 is 0 Å². The zero-order chi connectivity index (χ0) is 22.6. The second-order valence-corrected chi connectivity index (χ2v) is 9.93. The van der Waals surface area contributed by atoms with Gasteiger partial charge in [0.25, 0.3) is 10.0 Å². The zero-order valence-electron chi connectivity index (χ0n) is 17.7. The normalized spacial score (nSPS) is 11.4. The second-order valence-electron chi connectivity index (χ2n) is 7.63. The van der Waals surface area contributed by atoms with Crippen LogP contribution in [0.25, 0.3) is 0 Å². The highest BCUT2D eigenvalue weighted by Gasteiger charge is 2.27. The number of amides is 1. The fourth-order valence-corrected chi connectivity index (χ4v) is 4.69. The van der Waals surface area contributed by atoms with Gasteiger partial charge in [0.2, 0.25) is 5.91 Å². The fourth-order valence-electron chi connectivity index (χ4n) is 3.08. The van der Waals surface area contributed by atoms with E-state index in [1.165, 1.54) is 0 Å². The first-order valence-electron chi connectivity index (χ1n) is 9.91. The maximum absolute atomic E-state index is 13.4. The lowest BCUT2D eigenvalue weighted by atomic mass is 10.0. The average Bonchev–Trinajstić information content (AvgIpc) is 2.72. The number of carbonyl (C=O) groups is 1. The third-order valence-corrected chi connectivity index (χ3v) is 6.88. The van der Waals surface area contributed by atoms with Crippen molar-refractivity contribution in [1.29, 1.82) is 0 Å². The molecule has 5 nitrogen and oxygen atoms in total. The summed E-state index contributed by atoms with van der Waals surface area (Å²) in [5.74, 6) is -0.159. The van der Waals surface area contributed by atoms with E-state index in [1.54, 1.807) is 60.7 Å². The number of nitrogens with one attached hydrogen (secondary N) is 1. The predicted octanol–water partition coefficient (Wildman–Crippen LogP) is 5.61. The Bertz CT molecular complexity index is 1160. The van der Waals surface area contributed by atoms with Crippen LogP contribution in [0.5, 0.6) is 0 Å². The van der Waals surface area contributed by atoms with Gasteiger partial charge in [-0.3, -0.25) is 9.10 Å². The van der Waals surface area contributed by atoms with Crippen molar-refractivity contribution >= 4 is 38.9 Å². The van der Waals surface area contributed by atoms with Crippen molar-refractivity contribution in [3.8, 4) is 0 Å². The maximum Gasteiger partial charge on any atom is 0.264 e. The Labute approximate surface area is 188 Å². The molecule has 1 N–H and O–H groups in total. The molecule has 0 saturated carbocycles. The van der Waals surface area contributed by atoms with Crippen LogP contribution in [0.15, 0.2) is 77.7 Å². The minimum absolute atomic E-state index is 0.126. The van der Waals surface area contributed by atoms with Crippen molar-refractivity contribution < 1.29 is 13.2 Å². The standard InChI is InChI=1S/C24H25ClN2O3S/c1-17(2)19-9-11-22(12-10-19)27(31(29,30)23-13-7-18(3)8-14-23)16-24(28)26-21-6-4-5-20(25)15-21/h4-15,17H,16H2,1-3H3,(H,26,28). The van der Waals surface area contributed by atoms with E-state index < -0.39 is 15.9 Å². The lowest BCUT2D eigenvalue weighted by Gasteiger charge is -2.24. The van der Waals surface area contributed by atoms with Crippen LogP contribution >= 0.6 is 11.6 Å². The van der Waals surface area contributed by atoms with Gasteiger partial charge in [-0.15, -0.1) is 0 Å². The zero-order valence-corrected chi connectivity index (χ0v) is 19.2. The molecule has 0 aliphatic heterocycles. The highest BCUT2D eigenvalue weighted by molar-refractivity contribution is 7.92. The number of nitrogens with zero attached hydrogens (tertiary/aromatic N) is 1. The summed E-state index contributed by atoms with van der Waals surface area (Å²) in [6.07, 6.45) is 0. The molecule has 0 spiro atoms. The molecule has 3 rings (SSSR count). The van der Waals surface area contributed by atoms with Gasteiger partial charge in [0.1, 0.15) is 6.54 Å². The van der Waals surface area contributed by atoms with E-state index in [0.717, 1.165) is 15.4 Å². The van der Waals surface area contributed by atoms with Gasteiger partial charge in [0.05, 0.1) is 10.6 Å². The summed E-state index contributed by atoms with van der Waals surface area (Å²) in [5.41, 5.74) is 2.96. The number of carbonyl (C=O) groups excluding carboxylic acids is 1. The third-order valence-electron chi connectivity index (χ3n) is 4.85. The summed E-state index contributed by atoms with van der Waals surface area (Å²) in [6.45, 7) is 5.64. The predicted molar refractivity (Wildman–Crippen MR) is 126 cm³/mol. The van der Waals surface area contributed by atoms with E-state index in [-0.39, 0.29) is 11.4 Å². The van der Waals surface area contributed by atoms with E-state index in [0.29, 0.717) is 22.3 Å². The Morgan fingerprint density at radius 3 is 2.23 bits per heavy atom. The van der Waals surface area contributed by atoms with Crippen LogP contribution < -0.4 is 9.62 Å². The molecule has 0 aromatic heterocycles. The first-order chi connectivity index (χ1) is 14.7. The van der Waals surface area contributed by atoms with Crippen molar-refractivity contribution in [2.24, 2.45) is 0 Å². The van der Waals surface area contributed by atoms with Crippen LogP contribution in [0, 0.1) is 6.92 Å². The Morgan fingerprint density at radius 2 is 1.65 bits per heavy atom. The highest BCUT2D eigenvalue weighted by atomic mass is 35.5. The maximum atomic E-state index is 13.4. The molecule has 0 unspecified atom stereocenters. The number of aryl methyl sites for hydroxylation is 1. The average molecular weight is 457 g/mol. The summed E-state index contributed by atoms with van der Waals surface area (Å²) in [7, 11) is -3.95. The number of sulfonamides is 1. The molecular formula is C24H25ClN2O3S. The summed E-state index contributed by atoms with van der Waals surface area (Å²) in [5, 5.41) is 3.19. The summed E-state index contributed by atoms with van der Waals surface area (Å²) < 4.78 is 28.0. The molecule has 162 valence electrons. The lowest BCUT2D eigenvalue weighted by Crippen LogP contribution is -2.38. The van der Waals surface area contributed by atoms with Gasteiger partial charge in [-0.05, 0) is 60.9 Å². The minimum atomic E-state index is -3.95. The van der Waals surface area contributed by atoms with Gasteiger partial charge in [-0.25, -0.2) is 8.42 Å². The number of halogens is 1. The third kappa shape index (κ3) is 5.66. The Kier molecular flexibility index (Phi) is 7.03. The highest BCUT2D eigenvalue weighted by Crippen LogP contribution is 2.26. The van der Waals surface area contributed by atoms with E-state index in [1.807, 2.05) is 19.1 Å². The Hall–Kier alpha value is -2.83. The quantitative estimate of drug-likeness (QED) is 0.502. The molecule has 0 saturated heterocycles. The lowest BCUT2D eigenvalue weighted by molar-refractivity contribution is -0.114. The molecular weight excluding hydrogens is 432 g/mol. The van der Waals surface area contributed by atoms with Crippen LogP contribution in [0.3, 0.4) is 0 Å². The second kappa shape index (κ2) is 9.54. The van der Waals surface area contributed by atoms with Crippen LogP contribution in [-0.2, 0) is 14.8 Å². The summed E-state index contributed by atoms with van der Waals surface area (Å²) in [6, 6.07) is 20.5. The molecule has 0 bridgehead atoms. The van der Waals surface area contributed by atoms with Gasteiger partial charge in [0.15, 0.2) is 0 Å². The Balaban J connectivity index is 1.95. The summed E-state index contributed by atoms with van der Waals surface area (Å²) in [4.78, 5) is 12.9. The monoisotopic (exact) mass is 456 g/mol. The molecule has 0 radical (unpaired) electrons.